The zero-order chi connectivity index (χ0) is 17.7. The van der Waals surface area contributed by atoms with Crippen molar-refractivity contribution >= 4 is 39.8 Å². The average Bonchev–Trinajstić information content (AvgIpc) is 2.92. The fourth-order valence-electron chi connectivity index (χ4n) is 1.86. The van der Waals surface area contributed by atoms with Gasteiger partial charge < -0.3 is 10.1 Å². The molecule has 2 rings (SSSR count). The normalized spacial score (nSPS) is 10.7. The Morgan fingerprint density at radius 3 is 2.58 bits per heavy atom. The molecule has 0 radical (unpaired) electrons. The van der Waals surface area contributed by atoms with Gasteiger partial charge in [0.2, 0.25) is 0 Å². The molecule has 1 heterocycles. The molecular formula is C17H19ClN2O3S. The smallest absolute Gasteiger partial charge is 0.350 e. The second-order valence-electron chi connectivity index (χ2n) is 5.71. The van der Waals surface area contributed by atoms with Crippen molar-refractivity contribution in [1.82, 2.24) is 4.98 Å². The molecule has 1 aromatic carbocycles. The Morgan fingerprint density at radius 2 is 1.96 bits per heavy atom. The Balaban J connectivity index is 1.96. The van der Waals surface area contributed by atoms with E-state index in [0.717, 1.165) is 0 Å². The van der Waals surface area contributed by atoms with Gasteiger partial charge in [0.1, 0.15) is 4.88 Å². The topological polar surface area (TPSA) is 68.3 Å². The number of hydrogen-bond donors (Lipinski definition) is 1. The van der Waals surface area contributed by atoms with Crippen molar-refractivity contribution in [3.8, 4) is 0 Å². The van der Waals surface area contributed by atoms with Gasteiger partial charge in [0.05, 0.1) is 18.8 Å². The van der Waals surface area contributed by atoms with Crippen molar-refractivity contribution in [2.75, 3.05) is 18.5 Å². The quantitative estimate of drug-likeness (QED) is 0.587. The number of carbonyl (C=O) groups excluding carboxylic acids is 2. The molecular weight excluding hydrogens is 348 g/mol. The number of aromatic nitrogens is 1. The molecule has 0 saturated heterocycles. The molecule has 0 saturated carbocycles. The number of thiazole rings is 1. The monoisotopic (exact) mass is 366 g/mol. The molecule has 7 heteroatoms. The van der Waals surface area contributed by atoms with Crippen LogP contribution in [0, 0.1) is 12.8 Å². The van der Waals surface area contributed by atoms with Gasteiger partial charge in [-0.25, -0.2) is 9.78 Å². The van der Waals surface area contributed by atoms with Crippen LogP contribution in [0.3, 0.4) is 0 Å². The lowest BCUT2D eigenvalue weighted by Gasteiger charge is -2.05. The van der Waals surface area contributed by atoms with E-state index in [1.807, 2.05) is 13.8 Å². The number of anilines is 1. The third-order valence-corrected chi connectivity index (χ3v) is 4.44. The van der Waals surface area contributed by atoms with E-state index in [1.54, 1.807) is 31.2 Å². The number of benzene rings is 1. The number of hydrogen-bond acceptors (Lipinski definition) is 6. The van der Waals surface area contributed by atoms with Gasteiger partial charge in [-0.3, -0.25) is 4.79 Å². The van der Waals surface area contributed by atoms with Crippen molar-refractivity contribution in [3.05, 3.63) is 45.4 Å². The Kier molecular flexibility index (Phi) is 6.34. The van der Waals surface area contributed by atoms with Crippen LogP contribution in [0.15, 0.2) is 24.3 Å². The fourth-order valence-corrected chi connectivity index (χ4v) is 2.84. The van der Waals surface area contributed by atoms with E-state index in [-0.39, 0.29) is 24.2 Å². The third-order valence-electron chi connectivity index (χ3n) is 3.10. The number of esters is 1. The molecule has 0 amide bonds. The molecule has 1 N–H and O–H groups in total. The molecule has 0 aliphatic heterocycles. The van der Waals surface area contributed by atoms with Crippen molar-refractivity contribution in [3.63, 3.8) is 0 Å². The molecule has 0 spiro atoms. The van der Waals surface area contributed by atoms with E-state index in [2.05, 4.69) is 10.3 Å². The van der Waals surface area contributed by atoms with Crippen LogP contribution in [0.4, 0.5) is 5.13 Å². The number of Topliss-reactive ketones (excluding diaryl/α,β-unsaturated/α-hetero) is 1. The van der Waals surface area contributed by atoms with E-state index < -0.39 is 0 Å². The number of nitrogens with zero attached hydrogens (tertiary/aromatic N) is 1. The summed E-state index contributed by atoms with van der Waals surface area (Å²) in [7, 11) is 0. The third kappa shape index (κ3) is 5.04. The minimum absolute atomic E-state index is 0.0801. The highest BCUT2D eigenvalue weighted by atomic mass is 35.5. The zero-order valence-electron chi connectivity index (χ0n) is 13.8. The van der Waals surface area contributed by atoms with E-state index in [9.17, 15) is 9.59 Å². The van der Waals surface area contributed by atoms with Crippen LogP contribution >= 0.6 is 22.9 Å². The predicted molar refractivity (Wildman–Crippen MR) is 96.2 cm³/mol. The molecule has 1 aromatic heterocycles. The summed E-state index contributed by atoms with van der Waals surface area (Å²) in [6.07, 6.45) is 0. The van der Waals surface area contributed by atoms with Gasteiger partial charge in [-0.2, -0.15) is 0 Å². The second-order valence-corrected chi connectivity index (χ2v) is 7.14. The lowest BCUT2D eigenvalue weighted by Crippen LogP contribution is -2.13. The van der Waals surface area contributed by atoms with Crippen LogP contribution in [0.2, 0.25) is 5.02 Å². The molecule has 5 nitrogen and oxygen atoms in total. The first-order valence-electron chi connectivity index (χ1n) is 7.54. The molecule has 2 aromatic rings. The number of aryl methyl sites for hydroxylation is 1. The highest BCUT2D eigenvalue weighted by Gasteiger charge is 2.17. The lowest BCUT2D eigenvalue weighted by molar-refractivity contribution is 0.0463. The van der Waals surface area contributed by atoms with Gasteiger partial charge in [-0.1, -0.05) is 36.8 Å². The van der Waals surface area contributed by atoms with E-state index >= 15 is 0 Å². The predicted octanol–water partition coefficient (Wildman–Crippen LogP) is 4.21. The number of rotatable bonds is 7. The molecule has 24 heavy (non-hydrogen) atoms. The van der Waals surface area contributed by atoms with Gasteiger partial charge in [0, 0.05) is 10.6 Å². The summed E-state index contributed by atoms with van der Waals surface area (Å²) >= 11 is 6.99. The first kappa shape index (κ1) is 18.4. The Hall–Kier alpha value is -1.92. The summed E-state index contributed by atoms with van der Waals surface area (Å²) in [4.78, 5) is 28.9. The van der Waals surface area contributed by atoms with Crippen molar-refractivity contribution in [1.29, 1.82) is 0 Å². The van der Waals surface area contributed by atoms with E-state index in [0.29, 0.717) is 32.9 Å². The highest BCUT2D eigenvalue weighted by Crippen LogP contribution is 2.23. The van der Waals surface area contributed by atoms with Gasteiger partial charge in [-0.05, 0) is 37.1 Å². The summed E-state index contributed by atoms with van der Waals surface area (Å²) in [5.74, 6) is -0.184. The minimum atomic E-state index is -0.379. The first-order chi connectivity index (χ1) is 11.4. The van der Waals surface area contributed by atoms with Gasteiger partial charge >= 0.3 is 5.97 Å². The first-order valence-corrected chi connectivity index (χ1v) is 8.73. The minimum Gasteiger partial charge on any atom is -0.461 e. The summed E-state index contributed by atoms with van der Waals surface area (Å²) in [6, 6.07) is 6.69. The van der Waals surface area contributed by atoms with E-state index in [4.69, 9.17) is 16.3 Å². The van der Waals surface area contributed by atoms with Crippen molar-refractivity contribution in [2.45, 2.75) is 20.8 Å². The molecule has 0 atom stereocenters. The maximum Gasteiger partial charge on any atom is 0.350 e. The number of ether oxygens (including phenoxy) is 1. The number of nitrogens with one attached hydrogen (secondary N) is 1. The largest absolute Gasteiger partial charge is 0.461 e. The molecule has 0 fully saturated rings. The standard InChI is InChI=1S/C17H19ClN2O3S/c1-10(2)9-23-16(22)15-11(3)20-17(24-15)19-8-14(21)12-4-6-13(18)7-5-12/h4-7,10H,8-9H2,1-3H3,(H,19,20). The van der Waals surface area contributed by atoms with Crippen LogP contribution in [-0.2, 0) is 4.74 Å². The molecule has 0 unspecified atom stereocenters. The number of halogens is 1. The molecule has 0 bridgehead atoms. The fraction of sp³-hybridized carbons (Fsp3) is 0.353. The van der Waals surface area contributed by atoms with Crippen LogP contribution in [0.1, 0.15) is 39.6 Å². The van der Waals surface area contributed by atoms with Crippen LogP contribution in [0.25, 0.3) is 0 Å². The van der Waals surface area contributed by atoms with Gasteiger partial charge in [-0.15, -0.1) is 0 Å². The summed E-state index contributed by atoms with van der Waals surface area (Å²) < 4.78 is 5.21. The number of ketones is 1. The average molecular weight is 367 g/mol. The van der Waals surface area contributed by atoms with Crippen LogP contribution < -0.4 is 5.32 Å². The molecule has 0 aliphatic rings. The Bertz CT molecular complexity index is 726. The van der Waals surface area contributed by atoms with Crippen LogP contribution in [-0.4, -0.2) is 29.9 Å². The van der Waals surface area contributed by atoms with Crippen LogP contribution in [0.5, 0.6) is 0 Å². The van der Waals surface area contributed by atoms with Gasteiger partial charge in [0.15, 0.2) is 10.9 Å². The van der Waals surface area contributed by atoms with Crippen molar-refractivity contribution in [2.24, 2.45) is 5.92 Å². The van der Waals surface area contributed by atoms with Gasteiger partial charge in [0.25, 0.3) is 0 Å². The van der Waals surface area contributed by atoms with Crippen molar-refractivity contribution < 1.29 is 14.3 Å². The maximum absolute atomic E-state index is 12.1. The SMILES string of the molecule is Cc1nc(NCC(=O)c2ccc(Cl)cc2)sc1C(=O)OCC(C)C. The summed E-state index contributed by atoms with van der Waals surface area (Å²) in [5.41, 5.74) is 1.16. The summed E-state index contributed by atoms with van der Waals surface area (Å²) in [5, 5.41) is 4.06. The molecule has 0 aliphatic carbocycles. The highest BCUT2D eigenvalue weighted by molar-refractivity contribution is 7.17. The Labute approximate surface area is 150 Å². The number of carbonyl (C=O) groups is 2. The maximum atomic E-state index is 12.1. The zero-order valence-corrected chi connectivity index (χ0v) is 15.3. The second kappa shape index (κ2) is 8.26. The van der Waals surface area contributed by atoms with E-state index in [1.165, 1.54) is 11.3 Å². The molecule has 128 valence electrons. The Morgan fingerprint density at radius 1 is 1.29 bits per heavy atom. The lowest BCUT2D eigenvalue weighted by atomic mass is 10.1. The summed E-state index contributed by atoms with van der Waals surface area (Å²) in [6.45, 7) is 6.15.